The maximum Gasteiger partial charge on any atom is 0.136 e. The van der Waals surface area contributed by atoms with Crippen LogP contribution >= 0.6 is 0 Å². The highest BCUT2D eigenvalue weighted by Gasteiger charge is 2.21. The molecule has 45 heavy (non-hydrogen) atoms. The zero-order valence-corrected chi connectivity index (χ0v) is 23.1. The van der Waals surface area contributed by atoms with E-state index in [1.165, 1.54) is 0 Å². The SMILES string of the molecule is [2H]c1c([2H])c(-c2c3c([2H])c([2H])c([2H])c([2H])c3c(-c3cccc4c3ccc3ccccc34)c3c([2H])c([2H])c([2H])c([2H])c23)c2c(oc3c([2H])c([2H])c4c([2H])c([2H])c([2H])c([2H])c4c32)c1[2H]. The van der Waals surface area contributed by atoms with E-state index in [9.17, 15) is 6.85 Å². The minimum Gasteiger partial charge on any atom is -0.456 e. The third-order valence-electron chi connectivity index (χ3n) is 8.44. The molecule has 0 aliphatic carbocycles. The van der Waals surface area contributed by atoms with Crippen LogP contribution in [0.1, 0.15) is 23.3 Å². The smallest absolute Gasteiger partial charge is 0.136 e. The largest absolute Gasteiger partial charge is 0.456 e. The van der Waals surface area contributed by atoms with Gasteiger partial charge in [0.05, 0.1) is 23.3 Å². The van der Waals surface area contributed by atoms with Crippen LogP contribution in [0.25, 0.3) is 98.1 Å². The maximum atomic E-state index is 9.57. The van der Waals surface area contributed by atoms with Crippen LogP contribution in [0.15, 0.2) is 162 Å². The standard InChI is InChI=1S/C44H26O/c1-3-13-29-27(11-1)23-25-32-31(29)19-9-20-33(32)41-34-15-5-7-17-36(34)42(37-18-8-6-16-35(37)41)38-21-10-22-39-44(38)43-30-14-4-2-12-28(30)24-26-40(43)45-39/h1-26H/i2D,4D,5D,6D,7D,8D,10D,12D,14D,15D,16D,17D,18D,21D,22D,24D,26D. The van der Waals surface area contributed by atoms with E-state index in [-0.39, 0.29) is 54.2 Å². The predicted molar refractivity (Wildman–Crippen MR) is 192 cm³/mol. The summed E-state index contributed by atoms with van der Waals surface area (Å²) in [6.07, 6.45) is 0. The third-order valence-corrected chi connectivity index (χ3v) is 8.44. The quantitative estimate of drug-likeness (QED) is 0.145. The van der Waals surface area contributed by atoms with Crippen molar-refractivity contribution < 1.29 is 27.7 Å². The molecule has 1 heterocycles. The molecule has 1 nitrogen and oxygen atoms in total. The zero-order chi connectivity index (χ0) is 44.3. The summed E-state index contributed by atoms with van der Waals surface area (Å²) < 4.78 is 160. The van der Waals surface area contributed by atoms with Gasteiger partial charge in [0.1, 0.15) is 11.2 Å². The summed E-state index contributed by atoms with van der Waals surface area (Å²) in [6.45, 7) is 0. The van der Waals surface area contributed by atoms with Crippen LogP contribution < -0.4 is 0 Å². The summed E-state index contributed by atoms with van der Waals surface area (Å²) in [7, 11) is 0. The Morgan fingerprint density at radius 1 is 0.356 bits per heavy atom. The maximum absolute atomic E-state index is 9.57. The van der Waals surface area contributed by atoms with Crippen molar-refractivity contribution in [1.29, 1.82) is 0 Å². The molecule has 0 N–H and O–H groups in total. The lowest BCUT2D eigenvalue weighted by atomic mass is 9.83. The van der Waals surface area contributed by atoms with E-state index in [0.717, 1.165) is 16.2 Å². The van der Waals surface area contributed by atoms with E-state index in [1.54, 1.807) is 12.1 Å². The van der Waals surface area contributed by atoms with Crippen molar-refractivity contribution in [3.63, 3.8) is 0 Å². The van der Waals surface area contributed by atoms with Gasteiger partial charge in [-0.05, 0) is 88.2 Å². The van der Waals surface area contributed by atoms with Gasteiger partial charge in [0.2, 0.25) is 0 Å². The predicted octanol–water partition coefficient (Wildman–Crippen LogP) is 12.7. The van der Waals surface area contributed by atoms with E-state index in [0.29, 0.717) is 10.9 Å². The van der Waals surface area contributed by atoms with Gasteiger partial charge in [-0.1, -0.05) is 145 Å². The highest BCUT2D eigenvalue weighted by atomic mass is 16.3. The van der Waals surface area contributed by atoms with Crippen molar-refractivity contribution in [1.82, 2.24) is 0 Å². The molecule has 0 saturated heterocycles. The summed E-state index contributed by atoms with van der Waals surface area (Å²) in [6, 6.07) is 5.13. The van der Waals surface area contributed by atoms with Crippen LogP contribution in [0, 0.1) is 0 Å². The molecule has 10 rings (SSSR count). The van der Waals surface area contributed by atoms with Crippen molar-refractivity contribution in [2.24, 2.45) is 0 Å². The Morgan fingerprint density at radius 2 is 1.00 bits per heavy atom. The molecule has 0 fully saturated rings. The second kappa shape index (κ2) is 9.29. The zero-order valence-electron chi connectivity index (χ0n) is 40.1. The van der Waals surface area contributed by atoms with Crippen molar-refractivity contribution in [3.05, 3.63) is 157 Å². The molecule has 0 bridgehead atoms. The van der Waals surface area contributed by atoms with Crippen LogP contribution in [0.3, 0.4) is 0 Å². The van der Waals surface area contributed by atoms with Crippen molar-refractivity contribution in [2.75, 3.05) is 0 Å². The van der Waals surface area contributed by atoms with E-state index < -0.39 is 119 Å². The van der Waals surface area contributed by atoms with Gasteiger partial charge in [-0.25, -0.2) is 0 Å². The van der Waals surface area contributed by atoms with Gasteiger partial charge in [0.25, 0.3) is 0 Å². The number of rotatable bonds is 2. The first kappa shape index (κ1) is 13.4. The Hall–Kier alpha value is -5.92. The summed E-state index contributed by atoms with van der Waals surface area (Å²) in [5.41, 5.74) is -1.26. The summed E-state index contributed by atoms with van der Waals surface area (Å²) in [4.78, 5) is 0. The molecule has 0 aliphatic rings. The molecule has 0 saturated carbocycles. The number of benzene rings is 9. The minimum atomic E-state index is -0.761. The summed E-state index contributed by atoms with van der Waals surface area (Å²) in [5, 5.41) is 0.847. The highest BCUT2D eigenvalue weighted by Crippen LogP contribution is 2.48. The van der Waals surface area contributed by atoms with Gasteiger partial charge in [-0.2, -0.15) is 0 Å². The van der Waals surface area contributed by atoms with E-state index in [4.69, 9.17) is 20.9 Å². The molecule has 1 aromatic heterocycles. The Kier molecular flexibility index (Phi) is 2.76. The van der Waals surface area contributed by atoms with Crippen LogP contribution in [0.4, 0.5) is 0 Å². The van der Waals surface area contributed by atoms with Gasteiger partial charge in [-0.3, -0.25) is 0 Å². The molecule has 1 heteroatoms. The first-order valence-electron chi connectivity index (χ1n) is 22.6. The molecular weight excluding hydrogens is 544 g/mol. The molecule has 0 atom stereocenters. The number of furan rings is 1. The fraction of sp³-hybridized carbons (Fsp3) is 0. The van der Waals surface area contributed by atoms with Gasteiger partial charge >= 0.3 is 0 Å². The van der Waals surface area contributed by atoms with E-state index in [1.807, 2.05) is 42.5 Å². The van der Waals surface area contributed by atoms with E-state index in [2.05, 4.69) is 0 Å². The monoisotopic (exact) mass is 587 g/mol. The van der Waals surface area contributed by atoms with Crippen molar-refractivity contribution in [3.8, 4) is 22.3 Å². The average Bonchev–Trinajstić information content (AvgIpc) is 3.67. The van der Waals surface area contributed by atoms with Crippen LogP contribution in [-0.4, -0.2) is 0 Å². The second-order valence-corrected chi connectivity index (χ2v) is 10.7. The summed E-state index contributed by atoms with van der Waals surface area (Å²) in [5.74, 6) is 0. The lowest BCUT2D eigenvalue weighted by molar-refractivity contribution is 0.669. The fourth-order valence-corrected chi connectivity index (χ4v) is 6.60. The number of hydrogen-bond donors (Lipinski definition) is 0. The second-order valence-electron chi connectivity index (χ2n) is 10.7. The van der Waals surface area contributed by atoms with Gasteiger partial charge in [0, 0.05) is 10.8 Å². The Balaban J connectivity index is 1.57. The lowest BCUT2D eigenvalue weighted by Gasteiger charge is -2.19. The fourth-order valence-electron chi connectivity index (χ4n) is 6.60. The first-order valence-corrected chi connectivity index (χ1v) is 14.1. The Morgan fingerprint density at radius 3 is 1.78 bits per heavy atom. The minimum absolute atomic E-state index is 0.0357. The van der Waals surface area contributed by atoms with Crippen molar-refractivity contribution >= 4 is 75.8 Å². The molecule has 208 valence electrons. The molecule has 0 radical (unpaired) electrons. The Labute approximate surface area is 283 Å². The topological polar surface area (TPSA) is 13.1 Å². The van der Waals surface area contributed by atoms with Crippen LogP contribution in [0.5, 0.6) is 0 Å². The number of hydrogen-bond acceptors (Lipinski definition) is 1. The van der Waals surface area contributed by atoms with Gasteiger partial charge in [0.15, 0.2) is 0 Å². The molecule has 0 spiro atoms. The molecule has 0 unspecified atom stereocenters. The molecular formula is C44H26O. The van der Waals surface area contributed by atoms with Crippen LogP contribution in [-0.2, 0) is 0 Å². The third kappa shape index (κ3) is 3.44. The van der Waals surface area contributed by atoms with Crippen LogP contribution in [0.2, 0.25) is 0 Å². The van der Waals surface area contributed by atoms with Gasteiger partial charge < -0.3 is 4.42 Å². The molecule has 0 aliphatic heterocycles. The highest BCUT2D eigenvalue weighted by molar-refractivity contribution is 6.29. The normalized spacial score (nSPS) is 17.3. The molecule has 0 amide bonds. The molecule has 10 aromatic rings. The lowest BCUT2D eigenvalue weighted by Crippen LogP contribution is -1.92. The van der Waals surface area contributed by atoms with E-state index >= 15 is 0 Å². The average molecular weight is 588 g/mol. The first-order chi connectivity index (χ1) is 29.4. The summed E-state index contributed by atoms with van der Waals surface area (Å²) >= 11 is 0. The number of fused-ring (bicyclic) bond motifs is 10. The van der Waals surface area contributed by atoms with Gasteiger partial charge in [-0.15, -0.1) is 0 Å². The Bertz CT molecular complexity index is 3700. The van der Waals surface area contributed by atoms with Crippen molar-refractivity contribution in [2.45, 2.75) is 0 Å². The molecule has 9 aromatic carbocycles.